The highest BCUT2D eigenvalue weighted by molar-refractivity contribution is 7.16. The monoisotopic (exact) mass is 252 g/mol. The van der Waals surface area contributed by atoms with E-state index in [-0.39, 0.29) is 0 Å². The predicted molar refractivity (Wildman–Crippen MR) is 71.9 cm³/mol. The van der Waals surface area contributed by atoms with Crippen molar-refractivity contribution in [2.45, 2.75) is 0 Å². The van der Waals surface area contributed by atoms with Crippen LogP contribution in [0.15, 0.2) is 42.0 Å². The van der Waals surface area contributed by atoms with Gasteiger partial charge >= 0.3 is 0 Å². The summed E-state index contributed by atoms with van der Waals surface area (Å²) in [7, 11) is 0. The van der Waals surface area contributed by atoms with Crippen LogP contribution in [0.3, 0.4) is 0 Å². The van der Waals surface area contributed by atoms with Gasteiger partial charge in [0.2, 0.25) is 0 Å². The third-order valence-electron chi connectivity index (χ3n) is 2.52. The highest BCUT2D eigenvalue weighted by atomic mass is 32.1. The normalized spacial score (nSPS) is 10.2. The van der Waals surface area contributed by atoms with Crippen LogP contribution >= 0.6 is 11.3 Å². The summed E-state index contributed by atoms with van der Waals surface area (Å²) < 4.78 is 1.11. The summed E-state index contributed by atoms with van der Waals surface area (Å²) in [5, 5.41) is 12.2. The van der Waals surface area contributed by atoms with Crippen molar-refractivity contribution in [1.82, 2.24) is 9.97 Å². The van der Waals surface area contributed by atoms with Crippen molar-refractivity contribution >= 4 is 32.9 Å². The van der Waals surface area contributed by atoms with E-state index in [1.54, 1.807) is 23.6 Å². The summed E-state index contributed by atoms with van der Waals surface area (Å²) in [4.78, 5) is 8.24. The lowest BCUT2D eigenvalue weighted by molar-refractivity contribution is 1.26. The number of anilines is 2. The minimum absolute atomic E-state index is 0.391. The molecule has 3 rings (SSSR count). The fourth-order valence-corrected chi connectivity index (χ4v) is 2.40. The lowest BCUT2D eigenvalue weighted by atomic mass is 10.2. The van der Waals surface area contributed by atoms with Gasteiger partial charge in [0.1, 0.15) is 6.07 Å². The van der Waals surface area contributed by atoms with Gasteiger partial charge in [-0.25, -0.2) is 9.97 Å². The Morgan fingerprint density at radius 2 is 2.17 bits per heavy atom. The Labute approximate surface area is 108 Å². The predicted octanol–water partition coefficient (Wildman–Crippen LogP) is 3.31. The highest BCUT2D eigenvalue weighted by Crippen LogP contribution is 2.25. The van der Waals surface area contributed by atoms with Gasteiger partial charge in [-0.05, 0) is 30.3 Å². The van der Waals surface area contributed by atoms with Gasteiger partial charge in [-0.3, -0.25) is 0 Å². The van der Waals surface area contributed by atoms with E-state index in [1.165, 1.54) is 0 Å². The molecule has 4 nitrogen and oxygen atoms in total. The molecule has 1 N–H and O–H groups in total. The minimum Gasteiger partial charge on any atom is -0.353 e. The molecule has 0 radical (unpaired) electrons. The number of hydrogen-bond donors (Lipinski definition) is 1. The maximum atomic E-state index is 8.97. The maximum absolute atomic E-state index is 8.97. The van der Waals surface area contributed by atoms with Crippen molar-refractivity contribution in [3.63, 3.8) is 0 Å². The number of nitrogens with one attached hydrogen (secondary N) is 1. The van der Waals surface area contributed by atoms with Crippen LogP contribution < -0.4 is 5.32 Å². The van der Waals surface area contributed by atoms with E-state index >= 15 is 0 Å². The quantitative estimate of drug-likeness (QED) is 0.760. The van der Waals surface area contributed by atoms with Gasteiger partial charge in [0, 0.05) is 11.9 Å². The lowest BCUT2D eigenvalue weighted by Gasteiger charge is -2.06. The third kappa shape index (κ3) is 1.90. The molecule has 0 aliphatic heterocycles. The molecule has 0 unspecified atom stereocenters. The Balaban J connectivity index is 1.98. The van der Waals surface area contributed by atoms with Gasteiger partial charge in [-0.2, -0.15) is 5.26 Å². The second-order valence-corrected chi connectivity index (χ2v) is 4.56. The van der Waals surface area contributed by atoms with E-state index in [1.807, 2.05) is 29.8 Å². The first kappa shape index (κ1) is 10.7. The number of pyridine rings is 1. The Hall–Kier alpha value is -2.45. The first-order valence-electron chi connectivity index (χ1n) is 5.32. The van der Waals surface area contributed by atoms with E-state index in [0.29, 0.717) is 11.4 Å². The number of hydrogen-bond acceptors (Lipinski definition) is 5. The van der Waals surface area contributed by atoms with Crippen molar-refractivity contribution in [3.05, 3.63) is 47.7 Å². The molecule has 0 saturated carbocycles. The molecule has 2 aromatic heterocycles. The zero-order valence-electron chi connectivity index (χ0n) is 9.29. The summed E-state index contributed by atoms with van der Waals surface area (Å²) >= 11 is 1.59. The average Bonchev–Trinajstić information content (AvgIpc) is 2.87. The van der Waals surface area contributed by atoms with Crippen molar-refractivity contribution < 1.29 is 0 Å². The van der Waals surface area contributed by atoms with E-state index in [2.05, 4.69) is 21.4 Å². The van der Waals surface area contributed by atoms with Crippen LogP contribution in [0.4, 0.5) is 11.4 Å². The van der Waals surface area contributed by atoms with Crippen LogP contribution in [0, 0.1) is 11.3 Å². The molecule has 3 aromatic rings. The largest absolute Gasteiger partial charge is 0.353 e. The Kier molecular flexibility index (Phi) is 2.63. The smallest absolute Gasteiger partial charge is 0.163 e. The topological polar surface area (TPSA) is 61.6 Å². The molecule has 2 heterocycles. The number of thiazole rings is 1. The van der Waals surface area contributed by atoms with Gasteiger partial charge in [0.05, 0.1) is 21.4 Å². The number of fused-ring (bicyclic) bond motifs is 1. The summed E-state index contributed by atoms with van der Waals surface area (Å²) in [6.07, 6.45) is 1.61. The summed E-state index contributed by atoms with van der Waals surface area (Å²) in [6, 6.07) is 11.6. The fraction of sp³-hybridized carbons (Fsp3) is 0. The van der Waals surface area contributed by atoms with Crippen LogP contribution in [-0.4, -0.2) is 9.97 Å². The van der Waals surface area contributed by atoms with Crippen molar-refractivity contribution in [2.75, 3.05) is 5.32 Å². The zero-order valence-corrected chi connectivity index (χ0v) is 10.1. The minimum atomic E-state index is 0.391. The van der Waals surface area contributed by atoms with Gasteiger partial charge < -0.3 is 5.32 Å². The molecule has 0 aliphatic carbocycles. The van der Waals surface area contributed by atoms with E-state index in [4.69, 9.17) is 5.26 Å². The second-order valence-electron chi connectivity index (χ2n) is 3.67. The molecule has 0 amide bonds. The summed E-state index contributed by atoms with van der Waals surface area (Å²) in [6.45, 7) is 0. The second kappa shape index (κ2) is 4.43. The number of rotatable bonds is 2. The molecule has 0 fully saturated rings. The van der Waals surface area contributed by atoms with Gasteiger partial charge in [0.15, 0.2) is 5.69 Å². The van der Waals surface area contributed by atoms with Crippen LogP contribution in [0.1, 0.15) is 5.69 Å². The van der Waals surface area contributed by atoms with Crippen molar-refractivity contribution in [2.24, 2.45) is 0 Å². The Morgan fingerprint density at radius 1 is 1.22 bits per heavy atom. The summed E-state index contributed by atoms with van der Waals surface area (Å²) in [5.41, 5.74) is 4.83. The molecule has 18 heavy (non-hydrogen) atoms. The van der Waals surface area contributed by atoms with Gasteiger partial charge in [-0.15, -0.1) is 11.3 Å². The third-order valence-corrected chi connectivity index (χ3v) is 3.32. The Bertz CT molecular complexity index is 742. The van der Waals surface area contributed by atoms with Crippen molar-refractivity contribution in [3.8, 4) is 6.07 Å². The van der Waals surface area contributed by atoms with Crippen molar-refractivity contribution in [1.29, 1.82) is 5.26 Å². The molecule has 0 atom stereocenters. The maximum Gasteiger partial charge on any atom is 0.163 e. The summed E-state index contributed by atoms with van der Waals surface area (Å²) in [5.74, 6) is 0. The number of nitrogens with zero attached hydrogens (tertiary/aromatic N) is 3. The molecule has 0 aliphatic rings. The number of benzene rings is 1. The fourth-order valence-electron chi connectivity index (χ4n) is 1.68. The van der Waals surface area contributed by atoms with E-state index < -0.39 is 0 Å². The number of nitriles is 1. The lowest BCUT2D eigenvalue weighted by Crippen LogP contribution is -1.95. The average molecular weight is 252 g/mol. The Morgan fingerprint density at radius 3 is 3.06 bits per heavy atom. The molecule has 0 spiro atoms. The zero-order chi connectivity index (χ0) is 12.4. The van der Waals surface area contributed by atoms with Gasteiger partial charge in [-0.1, -0.05) is 0 Å². The van der Waals surface area contributed by atoms with Gasteiger partial charge in [0.25, 0.3) is 0 Å². The molecule has 1 aromatic carbocycles. The first-order chi connectivity index (χ1) is 8.86. The van der Waals surface area contributed by atoms with E-state index in [9.17, 15) is 0 Å². The highest BCUT2D eigenvalue weighted by Gasteiger charge is 2.03. The van der Waals surface area contributed by atoms with Crippen LogP contribution in [0.2, 0.25) is 0 Å². The molecule has 0 bridgehead atoms. The van der Waals surface area contributed by atoms with Crippen LogP contribution in [0.25, 0.3) is 10.2 Å². The molecule has 0 saturated heterocycles. The van der Waals surface area contributed by atoms with Crippen LogP contribution in [0.5, 0.6) is 0 Å². The standard InChI is InChI=1S/C13H8N4S/c14-7-12-10(2-1-5-15-12)17-9-3-4-11-13(6-9)18-8-16-11/h1-6,8,17H. The molecular formula is C13H8N4S. The first-order valence-corrected chi connectivity index (χ1v) is 6.20. The van der Waals surface area contributed by atoms with Crippen LogP contribution in [-0.2, 0) is 0 Å². The SMILES string of the molecule is N#Cc1ncccc1Nc1ccc2ncsc2c1. The van der Waals surface area contributed by atoms with E-state index in [0.717, 1.165) is 15.9 Å². The molecule has 5 heteroatoms. The number of aromatic nitrogens is 2. The molecule has 86 valence electrons. The molecular weight excluding hydrogens is 244 g/mol.